The van der Waals surface area contributed by atoms with Crippen molar-refractivity contribution in [2.75, 3.05) is 13.2 Å². The number of hydrogen-bond acceptors (Lipinski definition) is 8. The van der Waals surface area contributed by atoms with E-state index in [1.165, 1.54) is 24.3 Å². The fourth-order valence-corrected chi connectivity index (χ4v) is 6.20. The van der Waals surface area contributed by atoms with Crippen molar-refractivity contribution in [2.24, 2.45) is 5.73 Å². The molecule has 8 nitrogen and oxygen atoms in total. The quantitative estimate of drug-likeness (QED) is 0.189. The molecule has 9 heteroatoms. The molecule has 0 radical (unpaired) electrons. The molecule has 0 saturated heterocycles. The van der Waals surface area contributed by atoms with E-state index in [0.717, 1.165) is 22.3 Å². The molecule has 1 aliphatic rings. The summed E-state index contributed by atoms with van der Waals surface area (Å²) < 4.78 is 41.4. The number of nitrogens with two attached hydrogens (primary N) is 1. The van der Waals surface area contributed by atoms with Crippen LogP contribution in [-0.2, 0) is 29.2 Å². The molecule has 5 rings (SSSR count). The lowest BCUT2D eigenvalue weighted by Gasteiger charge is -2.23. The van der Waals surface area contributed by atoms with Gasteiger partial charge < -0.3 is 19.4 Å². The summed E-state index contributed by atoms with van der Waals surface area (Å²) in [6.45, 7) is 1.96. The molecule has 216 valence electrons. The average Bonchev–Trinajstić information content (AvgIpc) is 3.33. The van der Waals surface area contributed by atoms with E-state index in [2.05, 4.69) is 12.1 Å². The molecule has 0 aromatic heterocycles. The van der Waals surface area contributed by atoms with Crippen molar-refractivity contribution in [1.29, 1.82) is 0 Å². The van der Waals surface area contributed by atoms with Gasteiger partial charge in [-0.25, -0.2) is 0 Å². The highest BCUT2D eigenvalue weighted by Crippen LogP contribution is 2.44. The Morgan fingerprint density at radius 2 is 1.36 bits per heavy atom. The van der Waals surface area contributed by atoms with E-state index in [1.54, 1.807) is 37.3 Å². The van der Waals surface area contributed by atoms with Crippen LogP contribution >= 0.6 is 0 Å². The van der Waals surface area contributed by atoms with Crippen molar-refractivity contribution >= 4 is 22.1 Å². The van der Waals surface area contributed by atoms with E-state index in [0.29, 0.717) is 5.56 Å². The first-order valence-electron chi connectivity index (χ1n) is 13.6. The lowest BCUT2D eigenvalue weighted by Crippen LogP contribution is -2.40. The maximum Gasteiger partial charge on any atom is 0.339 e. The van der Waals surface area contributed by atoms with E-state index in [4.69, 9.17) is 19.4 Å². The summed E-state index contributed by atoms with van der Waals surface area (Å²) >= 11 is 0. The van der Waals surface area contributed by atoms with Crippen LogP contribution in [0.15, 0.2) is 108 Å². The van der Waals surface area contributed by atoms with E-state index in [9.17, 15) is 18.0 Å². The lowest BCUT2D eigenvalue weighted by atomic mass is 9.89. The Hall–Kier alpha value is -4.47. The minimum atomic E-state index is -4.03. The highest BCUT2D eigenvalue weighted by Gasteiger charge is 2.33. The number of esters is 2. The van der Waals surface area contributed by atoms with Crippen LogP contribution in [0, 0.1) is 0 Å². The molecule has 2 unspecified atom stereocenters. The third kappa shape index (κ3) is 6.22. The first-order chi connectivity index (χ1) is 20.3. The van der Waals surface area contributed by atoms with Gasteiger partial charge in [-0.3, -0.25) is 9.59 Å². The minimum Gasteiger partial charge on any atom is -0.466 e. The lowest BCUT2D eigenvalue weighted by molar-refractivity contribution is -0.147. The van der Waals surface area contributed by atoms with Crippen LogP contribution in [0.5, 0.6) is 5.75 Å². The van der Waals surface area contributed by atoms with Crippen LogP contribution in [0.4, 0.5) is 0 Å². The van der Waals surface area contributed by atoms with Gasteiger partial charge in [0.25, 0.3) is 0 Å². The molecule has 0 spiro atoms. The number of hydrogen-bond donors (Lipinski definition) is 1. The van der Waals surface area contributed by atoms with Gasteiger partial charge in [-0.05, 0) is 59.0 Å². The monoisotopic (exact) mass is 585 g/mol. The third-order valence-corrected chi connectivity index (χ3v) is 8.56. The Balaban J connectivity index is 1.32. The average molecular weight is 586 g/mol. The van der Waals surface area contributed by atoms with Crippen molar-refractivity contribution in [3.8, 4) is 16.9 Å². The van der Waals surface area contributed by atoms with Crippen molar-refractivity contribution in [3.05, 3.63) is 120 Å². The maximum absolute atomic E-state index is 13.3. The van der Waals surface area contributed by atoms with E-state index in [1.807, 2.05) is 36.4 Å². The van der Waals surface area contributed by atoms with Gasteiger partial charge in [-0.2, -0.15) is 8.42 Å². The van der Waals surface area contributed by atoms with Crippen LogP contribution in [0.3, 0.4) is 0 Å². The second-order valence-corrected chi connectivity index (χ2v) is 11.5. The molecule has 0 aliphatic heterocycles. The van der Waals surface area contributed by atoms with Gasteiger partial charge in [-0.1, -0.05) is 78.9 Å². The Kier molecular flexibility index (Phi) is 8.70. The summed E-state index contributed by atoms with van der Waals surface area (Å²) in [6, 6.07) is 28.7. The summed E-state index contributed by atoms with van der Waals surface area (Å²) in [5.74, 6) is -2.01. The Morgan fingerprint density at radius 1 is 0.786 bits per heavy atom. The number of rotatable bonds is 11. The first kappa shape index (κ1) is 29.0. The fourth-order valence-electron chi connectivity index (χ4n) is 5.25. The normalized spacial score (nSPS) is 13.9. The van der Waals surface area contributed by atoms with Gasteiger partial charge in [0.1, 0.15) is 23.3 Å². The Bertz CT molecular complexity index is 1620. The largest absolute Gasteiger partial charge is 0.466 e. The summed E-state index contributed by atoms with van der Waals surface area (Å²) in [6.07, 6.45) is -0.165. The zero-order valence-corrected chi connectivity index (χ0v) is 23.8. The van der Waals surface area contributed by atoms with Crippen molar-refractivity contribution in [1.82, 2.24) is 0 Å². The molecule has 2 atom stereocenters. The van der Waals surface area contributed by atoms with E-state index in [-0.39, 0.29) is 36.2 Å². The topological polar surface area (TPSA) is 122 Å². The SMILES string of the molecule is CCOC(=O)CC(c1ccc(OS(=O)(=O)c2ccccc2)cc1)C(N)C(=O)OCC1c2ccccc2-c2ccccc21. The van der Waals surface area contributed by atoms with Crippen LogP contribution in [0.2, 0.25) is 0 Å². The second kappa shape index (κ2) is 12.6. The molecule has 42 heavy (non-hydrogen) atoms. The van der Waals surface area contributed by atoms with Crippen molar-refractivity contribution in [2.45, 2.75) is 36.1 Å². The van der Waals surface area contributed by atoms with Gasteiger partial charge in [0.15, 0.2) is 0 Å². The maximum atomic E-state index is 13.3. The number of benzene rings is 4. The Morgan fingerprint density at radius 3 is 1.95 bits per heavy atom. The van der Waals surface area contributed by atoms with Crippen LogP contribution in [-0.4, -0.2) is 39.6 Å². The molecule has 4 aromatic carbocycles. The molecule has 4 aromatic rings. The Labute approximate surface area is 245 Å². The van der Waals surface area contributed by atoms with Crippen molar-refractivity contribution < 1.29 is 31.7 Å². The molecular formula is C33H31NO7S. The van der Waals surface area contributed by atoms with Crippen LogP contribution in [0.1, 0.15) is 41.9 Å². The van der Waals surface area contributed by atoms with E-state index < -0.39 is 34.0 Å². The first-order valence-corrected chi connectivity index (χ1v) is 15.0. The second-order valence-electron chi connectivity index (χ2n) is 9.92. The summed E-state index contributed by atoms with van der Waals surface area (Å²) in [4.78, 5) is 25.8. The van der Waals surface area contributed by atoms with Crippen molar-refractivity contribution in [3.63, 3.8) is 0 Å². The van der Waals surface area contributed by atoms with Crippen LogP contribution < -0.4 is 9.92 Å². The molecule has 2 N–H and O–H groups in total. The predicted molar refractivity (Wildman–Crippen MR) is 157 cm³/mol. The molecule has 0 saturated carbocycles. The zero-order valence-electron chi connectivity index (χ0n) is 23.0. The van der Waals surface area contributed by atoms with Gasteiger partial charge in [-0.15, -0.1) is 0 Å². The van der Waals surface area contributed by atoms with Crippen LogP contribution in [0.25, 0.3) is 11.1 Å². The number of ether oxygens (including phenoxy) is 2. The minimum absolute atomic E-state index is 0.0199. The molecule has 0 heterocycles. The van der Waals surface area contributed by atoms with Gasteiger partial charge in [0.05, 0.1) is 13.0 Å². The summed E-state index contributed by atoms with van der Waals surface area (Å²) in [5.41, 5.74) is 11.3. The summed E-state index contributed by atoms with van der Waals surface area (Å²) in [5, 5.41) is 0. The predicted octanol–water partition coefficient (Wildman–Crippen LogP) is 5.17. The highest BCUT2D eigenvalue weighted by molar-refractivity contribution is 7.87. The standard InChI is InChI=1S/C33H31NO7S/c1-2-39-31(35)20-29(22-16-18-23(19-17-22)41-42(37,38)24-10-4-3-5-11-24)32(34)33(36)40-21-30-27-14-8-6-12-25(27)26-13-7-9-15-28(26)30/h3-19,29-30,32H,2,20-21,34H2,1H3. The molecular weight excluding hydrogens is 554 g/mol. The van der Waals surface area contributed by atoms with Gasteiger partial charge in [0, 0.05) is 11.8 Å². The molecule has 0 amide bonds. The number of carbonyl (C=O) groups is 2. The fraction of sp³-hybridized carbons (Fsp3) is 0.212. The molecule has 0 bridgehead atoms. The smallest absolute Gasteiger partial charge is 0.339 e. The third-order valence-electron chi connectivity index (χ3n) is 7.30. The summed E-state index contributed by atoms with van der Waals surface area (Å²) in [7, 11) is -4.03. The highest BCUT2D eigenvalue weighted by atomic mass is 32.2. The molecule has 0 fully saturated rings. The van der Waals surface area contributed by atoms with E-state index >= 15 is 0 Å². The number of carbonyl (C=O) groups excluding carboxylic acids is 2. The van der Waals surface area contributed by atoms with Gasteiger partial charge >= 0.3 is 22.1 Å². The van der Waals surface area contributed by atoms with Gasteiger partial charge in [0.2, 0.25) is 0 Å². The molecule has 1 aliphatic carbocycles. The zero-order chi connectivity index (χ0) is 29.7. The number of fused-ring (bicyclic) bond motifs is 3.